The molecule has 0 unspecified atom stereocenters. The van der Waals surface area contributed by atoms with Gasteiger partial charge in [-0.1, -0.05) is 17.3 Å². The van der Waals surface area contributed by atoms with Crippen molar-refractivity contribution in [2.75, 3.05) is 0 Å². The molecule has 128 valence electrons. The van der Waals surface area contributed by atoms with Crippen molar-refractivity contribution in [1.29, 1.82) is 0 Å². The number of hydrogen-bond acceptors (Lipinski definition) is 6. The number of hydrogen-bond donors (Lipinski definition) is 1. The largest absolute Gasteiger partial charge is 0.436 e. The van der Waals surface area contributed by atoms with E-state index in [9.17, 15) is 4.79 Å². The Morgan fingerprint density at radius 2 is 2.04 bits per heavy atom. The molecule has 1 aromatic carbocycles. The number of fused-ring (bicyclic) bond motifs is 1. The zero-order chi connectivity index (χ0) is 17.6. The summed E-state index contributed by atoms with van der Waals surface area (Å²) in [5.41, 5.74) is 3.84. The van der Waals surface area contributed by atoms with Crippen LogP contribution in [-0.2, 0) is 6.42 Å². The number of amides is 1. The molecule has 1 atom stereocenters. The third-order valence-electron chi connectivity index (χ3n) is 4.42. The summed E-state index contributed by atoms with van der Waals surface area (Å²) in [6.45, 7) is 5.27. The molecular weight excluding hydrogens is 320 g/mol. The predicted octanol–water partition coefficient (Wildman–Crippen LogP) is 3.07. The first kappa shape index (κ1) is 15.6. The summed E-state index contributed by atoms with van der Waals surface area (Å²) in [5.74, 6) is 1.67. The molecule has 2 aromatic heterocycles. The Balaban J connectivity index is 1.56. The van der Waals surface area contributed by atoms with Gasteiger partial charge in [-0.2, -0.15) is 4.98 Å². The van der Waals surface area contributed by atoms with E-state index >= 15 is 0 Å². The summed E-state index contributed by atoms with van der Waals surface area (Å²) in [4.78, 5) is 20.9. The highest BCUT2D eigenvalue weighted by Gasteiger charge is 2.27. The summed E-state index contributed by atoms with van der Waals surface area (Å²) in [6.07, 6.45) is 1.74. The van der Waals surface area contributed by atoms with Gasteiger partial charge in [0.15, 0.2) is 5.89 Å². The lowest BCUT2D eigenvalue weighted by molar-refractivity contribution is 0.0906. The normalized spacial score (nSPS) is 16.0. The first-order valence-electron chi connectivity index (χ1n) is 8.19. The molecule has 2 heterocycles. The van der Waals surface area contributed by atoms with E-state index in [0.29, 0.717) is 23.3 Å². The summed E-state index contributed by atoms with van der Waals surface area (Å²) in [6, 6.07) is 6.01. The van der Waals surface area contributed by atoms with Gasteiger partial charge in [-0.05, 0) is 37.0 Å². The average molecular weight is 338 g/mol. The Bertz CT molecular complexity index is 957. The minimum atomic E-state index is -0.228. The highest BCUT2D eigenvalue weighted by molar-refractivity contribution is 5.92. The Labute approximate surface area is 144 Å². The van der Waals surface area contributed by atoms with Crippen LogP contribution in [0.4, 0.5) is 0 Å². The quantitative estimate of drug-likeness (QED) is 0.789. The monoisotopic (exact) mass is 338 g/mol. The molecule has 3 aromatic rings. The van der Waals surface area contributed by atoms with E-state index in [-0.39, 0.29) is 17.7 Å². The van der Waals surface area contributed by atoms with Gasteiger partial charge in [0.1, 0.15) is 0 Å². The first-order chi connectivity index (χ1) is 12.0. The Kier molecular flexibility index (Phi) is 3.63. The van der Waals surface area contributed by atoms with E-state index in [4.69, 9.17) is 8.94 Å². The van der Waals surface area contributed by atoms with Crippen molar-refractivity contribution >= 4 is 5.91 Å². The third-order valence-corrected chi connectivity index (χ3v) is 4.42. The van der Waals surface area contributed by atoms with Crippen molar-refractivity contribution in [2.24, 2.45) is 0 Å². The van der Waals surface area contributed by atoms with Gasteiger partial charge in [0.25, 0.3) is 5.91 Å². The molecule has 0 radical (unpaired) electrons. The molecule has 0 saturated heterocycles. The van der Waals surface area contributed by atoms with Gasteiger partial charge in [-0.15, -0.1) is 0 Å². The zero-order valence-corrected chi connectivity index (χ0v) is 14.3. The van der Waals surface area contributed by atoms with Crippen molar-refractivity contribution < 1.29 is 13.7 Å². The van der Waals surface area contributed by atoms with Crippen LogP contribution in [0, 0.1) is 20.8 Å². The molecule has 25 heavy (non-hydrogen) atoms. The van der Waals surface area contributed by atoms with Crippen molar-refractivity contribution in [3.63, 3.8) is 0 Å². The summed E-state index contributed by atoms with van der Waals surface area (Å²) < 4.78 is 10.4. The highest BCUT2D eigenvalue weighted by Crippen LogP contribution is 2.34. The van der Waals surface area contributed by atoms with Gasteiger partial charge in [0.2, 0.25) is 17.5 Å². The van der Waals surface area contributed by atoms with Crippen molar-refractivity contribution in [3.8, 4) is 11.4 Å². The smallest absolute Gasteiger partial charge is 0.289 e. The van der Waals surface area contributed by atoms with E-state index < -0.39 is 0 Å². The fraction of sp³-hybridized carbons (Fsp3) is 0.333. The molecule has 0 saturated carbocycles. The molecule has 7 nitrogen and oxygen atoms in total. The van der Waals surface area contributed by atoms with Crippen LogP contribution in [0.1, 0.15) is 51.6 Å². The molecule has 4 rings (SSSR count). The second kappa shape index (κ2) is 5.84. The van der Waals surface area contributed by atoms with Gasteiger partial charge in [-0.25, -0.2) is 4.98 Å². The number of nitrogens with one attached hydrogen (secondary N) is 1. The number of nitrogens with zero attached hydrogens (tertiary/aromatic N) is 3. The molecule has 1 aliphatic carbocycles. The lowest BCUT2D eigenvalue weighted by Crippen LogP contribution is -2.27. The van der Waals surface area contributed by atoms with E-state index in [2.05, 4.69) is 26.5 Å². The topological polar surface area (TPSA) is 94.1 Å². The number of rotatable bonds is 3. The molecule has 0 aliphatic heterocycles. The number of carbonyl (C=O) groups is 1. The van der Waals surface area contributed by atoms with Gasteiger partial charge in [-0.3, -0.25) is 4.79 Å². The van der Waals surface area contributed by atoms with Gasteiger partial charge < -0.3 is 14.3 Å². The third kappa shape index (κ3) is 2.82. The minimum Gasteiger partial charge on any atom is -0.436 e. The van der Waals surface area contributed by atoms with E-state index in [1.165, 1.54) is 5.56 Å². The highest BCUT2D eigenvalue weighted by atomic mass is 16.5. The van der Waals surface area contributed by atoms with Crippen LogP contribution in [0.2, 0.25) is 0 Å². The van der Waals surface area contributed by atoms with E-state index in [1.54, 1.807) is 20.8 Å². The van der Waals surface area contributed by atoms with Crippen LogP contribution in [0.25, 0.3) is 11.4 Å². The van der Waals surface area contributed by atoms with Crippen LogP contribution < -0.4 is 5.32 Å². The lowest BCUT2D eigenvalue weighted by atomic mass is 10.0. The fourth-order valence-corrected chi connectivity index (χ4v) is 3.29. The van der Waals surface area contributed by atoms with Crippen molar-refractivity contribution in [1.82, 2.24) is 20.4 Å². The SMILES string of the molecule is Cc1nc(-c2ccc3c(c2)CC[C@H]3NC(=O)c2oc(C)nc2C)no1. The second-order valence-electron chi connectivity index (χ2n) is 6.26. The van der Waals surface area contributed by atoms with E-state index in [1.807, 2.05) is 12.1 Å². The summed E-state index contributed by atoms with van der Waals surface area (Å²) in [5, 5.41) is 7.00. The molecule has 1 aliphatic rings. The second-order valence-corrected chi connectivity index (χ2v) is 6.26. The van der Waals surface area contributed by atoms with Crippen LogP contribution in [0.15, 0.2) is 27.1 Å². The Hall–Kier alpha value is -2.96. The number of benzene rings is 1. The van der Waals surface area contributed by atoms with Crippen LogP contribution in [-0.4, -0.2) is 21.0 Å². The van der Waals surface area contributed by atoms with E-state index in [0.717, 1.165) is 24.0 Å². The van der Waals surface area contributed by atoms with Crippen LogP contribution in [0.5, 0.6) is 0 Å². The molecular formula is C18H18N4O3. The molecule has 0 fully saturated rings. The minimum absolute atomic E-state index is 0.0339. The Morgan fingerprint density at radius 3 is 2.72 bits per heavy atom. The molecule has 0 bridgehead atoms. The molecule has 1 N–H and O–H groups in total. The Morgan fingerprint density at radius 1 is 1.20 bits per heavy atom. The lowest BCUT2D eigenvalue weighted by Gasteiger charge is -2.13. The predicted molar refractivity (Wildman–Crippen MR) is 89.0 cm³/mol. The maximum absolute atomic E-state index is 12.5. The number of carbonyl (C=O) groups excluding carboxylic acids is 1. The van der Waals surface area contributed by atoms with Gasteiger partial charge in [0.05, 0.1) is 11.7 Å². The van der Waals surface area contributed by atoms with Crippen LogP contribution >= 0.6 is 0 Å². The summed E-state index contributed by atoms with van der Waals surface area (Å²) >= 11 is 0. The van der Waals surface area contributed by atoms with Crippen molar-refractivity contribution in [2.45, 2.75) is 39.7 Å². The maximum Gasteiger partial charge on any atom is 0.289 e. The van der Waals surface area contributed by atoms with Gasteiger partial charge >= 0.3 is 0 Å². The molecule has 1 amide bonds. The molecule has 0 spiro atoms. The number of aromatic nitrogens is 3. The molecule has 7 heteroatoms. The van der Waals surface area contributed by atoms with Crippen molar-refractivity contribution in [3.05, 3.63) is 52.6 Å². The van der Waals surface area contributed by atoms with Gasteiger partial charge in [0, 0.05) is 19.4 Å². The fourth-order valence-electron chi connectivity index (χ4n) is 3.29. The average Bonchev–Trinajstić information content (AvgIpc) is 3.26. The maximum atomic E-state index is 12.5. The van der Waals surface area contributed by atoms with Crippen LogP contribution in [0.3, 0.4) is 0 Å². The number of oxazole rings is 1. The standard InChI is InChI=1S/C18H18N4O3/c1-9-16(24-10(2)19-9)18(23)21-15-7-5-12-8-13(4-6-14(12)15)17-20-11(3)25-22-17/h4,6,8,15H,5,7H2,1-3H3,(H,21,23)/t15-/m1/s1. The number of aryl methyl sites for hydroxylation is 4. The summed E-state index contributed by atoms with van der Waals surface area (Å²) in [7, 11) is 0. The first-order valence-corrected chi connectivity index (χ1v) is 8.19. The zero-order valence-electron chi connectivity index (χ0n) is 14.3.